The second kappa shape index (κ2) is 9.29. The van der Waals surface area contributed by atoms with Gasteiger partial charge in [0.25, 0.3) is 0 Å². The number of benzene rings is 2. The Balaban J connectivity index is 2.55. The summed E-state index contributed by atoms with van der Waals surface area (Å²) in [5.74, 6) is -0.951. The van der Waals surface area contributed by atoms with Crippen molar-refractivity contribution in [3.05, 3.63) is 67.6 Å². The van der Waals surface area contributed by atoms with Gasteiger partial charge in [0.05, 0.1) is 6.61 Å². The number of hydrogen-bond acceptors (Lipinski definition) is 3. The average molecular weight is 448 g/mol. The molecule has 0 aliphatic rings. The minimum absolute atomic E-state index is 0.0656. The van der Waals surface area contributed by atoms with E-state index in [0.717, 1.165) is 0 Å². The first-order valence-electron chi connectivity index (χ1n) is 8.25. The maximum absolute atomic E-state index is 12.9. The zero-order valence-corrected chi connectivity index (χ0v) is 17.8. The maximum Gasteiger partial charge on any atom is 0.320 e. The zero-order chi connectivity index (χ0) is 20.2. The number of carbonyl (C=O) groups excluding carboxylic acids is 2. The van der Waals surface area contributed by atoms with Crippen molar-refractivity contribution in [3.8, 4) is 0 Å². The fraction of sp³-hybridized carbons (Fsp3) is 0.300. The quantitative estimate of drug-likeness (QED) is 0.373. The van der Waals surface area contributed by atoms with E-state index in [-0.39, 0.29) is 25.2 Å². The molecule has 2 rings (SSSR count). The van der Waals surface area contributed by atoms with Gasteiger partial charge in [-0.3, -0.25) is 9.59 Å². The fourth-order valence-corrected chi connectivity index (χ4v) is 3.80. The number of hydrogen-bond donors (Lipinski definition) is 0. The zero-order valence-electron chi connectivity index (χ0n) is 14.8. The minimum Gasteiger partial charge on any atom is -0.465 e. The van der Waals surface area contributed by atoms with Crippen LogP contribution in [0.2, 0.25) is 20.1 Å². The standard InChI is InChI=1S/C20H18Cl4O3/c1-3-27-19(26)20(12(2)25,10-13-4-6-15(21)8-17(13)23)11-14-5-7-16(22)9-18(14)24/h4-9H,3,10-11H2,1-2H3. The van der Waals surface area contributed by atoms with Crippen LogP contribution >= 0.6 is 46.4 Å². The third kappa shape index (κ3) is 5.17. The van der Waals surface area contributed by atoms with Gasteiger partial charge in [-0.1, -0.05) is 58.5 Å². The number of carbonyl (C=O) groups is 2. The van der Waals surface area contributed by atoms with Crippen LogP contribution in [-0.4, -0.2) is 18.4 Å². The number of rotatable bonds is 7. The Bertz CT molecular complexity index is 811. The van der Waals surface area contributed by atoms with Gasteiger partial charge in [-0.2, -0.15) is 0 Å². The van der Waals surface area contributed by atoms with Gasteiger partial charge in [-0.15, -0.1) is 0 Å². The van der Waals surface area contributed by atoms with E-state index in [0.29, 0.717) is 31.2 Å². The molecule has 7 heteroatoms. The van der Waals surface area contributed by atoms with E-state index in [1.165, 1.54) is 6.92 Å². The van der Waals surface area contributed by atoms with Crippen molar-refractivity contribution >= 4 is 58.2 Å². The molecule has 2 aromatic rings. The topological polar surface area (TPSA) is 43.4 Å². The largest absolute Gasteiger partial charge is 0.465 e. The van der Waals surface area contributed by atoms with E-state index in [9.17, 15) is 9.59 Å². The normalized spacial score (nSPS) is 11.3. The highest BCUT2D eigenvalue weighted by molar-refractivity contribution is 6.35. The van der Waals surface area contributed by atoms with Crippen molar-refractivity contribution < 1.29 is 14.3 Å². The van der Waals surface area contributed by atoms with E-state index in [1.807, 2.05) is 0 Å². The molecule has 0 spiro atoms. The van der Waals surface area contributed by atoms with Gasteiger partial charge in [-0.25, -0.2) is 0 Å². The molecule has 0 fully saturated rings. The second-order valence-corrected chi connectivity index (χ2v) is 7.87. The smallest absolute Gasteiger partial charge is 0.320 e. The highest BCUT2D eigenvalue weighted by atomic mass is 35.5. The van der Waals surface area contributed by atoms with Crippen molar-refractivity contribution in [2.75, 3.05) is 6.61 Å². The molecule has 0 saturated heterocycles. The van der Waals surface area contributed by atoms with Gasteiger partial charge in [0, 0.05) is 20.1 Å². The molecule has 27 heavy (non-hydrogen) atoms. The van der Waals surface area contributed by atoms with Crippen molar-refractivity contribution in [2.45, 2.75) is 26.7 Å². The Kier molecular flexibility index (Phi) is 7.58. The van der Waals surface area contributed by atoms with Crippen LogP contribution in [0.1, 0.15) is 25.0 Å². The molecule has 0 heterocycles. The first-order chi connectivity index (χ1) is 12.7. The number of halogens is 4. The van der Waals surface area contributed by atoms with E-state index in [4.69, 9.17) is 51.1 Å². The lowest BCUT2D eigenvalue weighted by Crippen LogP contribution is -2.43. The molecule has 0 amide bonds. The highest BCUT2D eigenvalue weighted by Crippen LogP contribution is 2.36. The molecule has 2 aromatic carbocycles. The third-order valence-electron chi connectivity index (χ3n) is 4.35. The molecule has 0 saturated carbocycles. The van der Waals surface area contributed by atoms with Crippen molar-refractivity contribution in [1.82, 2.24) is 0 Å². The molecule has 0 unspecified atom stereocenters. The summed E-state index contributed by atoms with van der Waals surface area (Å²) in [5.41, 5.74) is -0.228. The first kappa shape index (κ1) is 22.0. The summed E-state index contributed by atoms with van der Waals surface area (Å²) in [7, 11) is 0. The molecular formula is C20H18Cl4O3. The predicted molar refractivity (Wildman–Crippen MR) is 110 cm³/mol. The van der Waals surface area contributed by atoms with Gasteiger partial charge in [0.1, 0.15) is 11.2 Å². The summed E-state index contributed by atoms with van der Waals surface area (Å²) in [6, 6.07) is 9.87. The van der Waals surface area contributed by atoms with Crippen LogP contribution in [0.3, 0.4) is 0 Å². The van der Waals surface area contributed by atoms with E-state index >= 15 is 0 Å². The van der Waals surface area contributed by atoms with E-state index < -0.39 is 11.4 Å². The third-order valence-corrected chi connectivity index (χ3v) is 5.53. The Hall–Kier alpha value is -1.26. The summed E-state index contributed by atoms with van der Waals surface area (Å²) < 4.78 is 5.24. The van der Waals surface area contributed by atoms with Gasteiger partial charge >= 0.3 is 5.97 Å². The first-order valence-corrected chi connectivity index (χ1v) is 9.77. The Morgan fingerprint density at radius 1 is 0.889 bits per heavy atom. The van der Waals surface area contributed by atoms with Crippen molar-refractivity contribution in [1.29, 1.82) is 0 Å². The summed E-state index contributed by atoms with van der Waals surface area (Å²) in [6.45, 7) is 3.20. The SMILES string of the molecule is CCOC(=O)C(Cc1ccc(Cl)cc1Cl)(Cc1ccc(Cl)cc1Cl)C(C)=O. The second-order valence-electron chi connectivity index (χ2n) is 6.18. The van der Waals surface area contributed by atoms with Crippen LogP contribution in [0.25, 0.3) is 0 Å². The highest BCUT2D eigenvalue weighted by Gasteiger charge is 2.45. The number of ether oxygens (including phenoxy) is 1. The molecule has 0 atom stereocenters. The molecule has 3 nitrogen and oxygen atoms in total. The van der Waals surface area contributed by atoms with E-state index in [1.54, 1.807) is 43.3 Å². The van der Waals surface area contributed by atoms with Crippen molar-refractivity contribution in [3.63, 3.8) is 0 Å². The summed E-state index contributed by atoms with van der Waals surface area (Å²) in [4.78, 5) is 25.6. The van der Waals surface area contributed by atoms with Crippen LogP contribution in [0.5, 0.6) is 0 Å². The van der Waals surface area contributed by atoms with Crippen molar-refractivity contribution in [2.24, 2.45) is 5.41 Å². The minimum atomic E-state index is -1.47. The Morgan fingerprint density at radius 2 is 1.33 bits per heavy atom. The summed E-state index contributed by atoms with van der Waals surface area (Å²) in [6.07, 6.45) is 0.131. The molecule has 144 valence electrons. The van der Waals surface area contributed by atoms with Gasteiger partial charge < -0.3 is 4.74 Å². The lowest BCUT2D eigenvalue weighted by molar-refractivity contribution is -0.159. The summed E-state index contributed by atoms with van der Waals surface area (Å²) >= 11 is 24.5. The predicted octanol–water partition coefficient (Wildman–Crippen LogP) is 6.22. The van der Waals surface area contributed by atoms with Gasteiger partial charge in [-0.05, 0) is 62.1 Å². The number of Topliss-reactive ketones (excluding diaryl/α,β-unsaturated/α-hetero) is 1. The maximum atomic E-state index is 12.9. The Morgan fingerprint density at radius 3 is 1.67 bits per heavy atom. The molecular weight excluding hydrogens is 430 g/mol. The van der Waals surface area contributed by atoms with Crippen LogP contribution in [0.15, 0.2) is 36.4 Å². The number of ketones is 1. The van der Waals surface area contributed by atoms with Crippen LogP contribution in [0.4, 0.5) is 0 Å². The Labute approximate surface area is 178 Å². The van der Waals surface area contributed by atoms with Crippen LogP contribution < -0.4 is 0 Å². The number of esters is 1. The van der Waals surface area contributed by atoms with Crippen LogP contribution in [0, 0.1) is 5.41 Å². The molecule has 0 aliphatic carbocycles. The summed E-state index contributed by atoms with van der Waals surface area (Å²) in [5, 5.41) is 1.68. The average Bonchev–Trinajstić information content (AvgIpc) is 2.58. The molecule has 0 N–H and O–H groups in total. The van der Waals surface area contributed by atoms with E-state index in [2.05, 4.69) is 0 Å². The lowest BCUT2D eigenvalue weighted by Gasteiger charge is -2.30. The molecule has 0 radical (unpaired) electrons. The monoisotopic (exact) mass is 446 g/mol. The molecule has 0 bridgehead atoms. The molecule has 0 aromatic heterocycles. The van der Waals surface area contributed by atoms with Gasteiger partial charge in [0.15, 0.2) is 0 Å². The van der Waals surface area contributed by atoms with Gasteiger partial charge in [0.2, 0.25) is 0 Å². The van der Waals surface area contributed by atoms with Crippen LogP contribution in [-0.2, 0) is 27.2 Å². The lowest BCUT2D eigenvalue weighted by atomic mass is 9.73. The fourth-order valence-electron chi connectivity index (χ4n) is 2.85. The molecule has 0 aliphatic heterocycles.